The number of carbonyl (C=O) groups is 1. The van der Waals surface area contributed by atoms with Gasteiger partial charge in [-0.15, -0.1) is 0 Å². The van der Waals surface area contributed by atoms with Gasteiger partial charge in [0.15, 0.2) is 5.75 Å². The van der Waals surface area contributed by atoms with Crippen molar-refractivity contribution in [3.63, 3.8) is 0 Å². The number of hydrogen-bond donors (Lipinski definition) is 0. The molecule has 78 valence electrons. The van der Waals surface area contributed by atoms with Gasteiger partial charge in [-0.25, -0.2) is 0 Å². The first-order valence-corrected chi connectivity index (χ1v) is 4.82. The molecule has 0 radical (unpaired) electrons. The smallest absolute Gasteiger partial charge is 0.308 e. The van der Waals surface area contributed by atoms with Gasteiger partial charge in [0, 0.05) is 25.6 Å². The Morgan fingerprint density at radius 2 is 2.13 bits per heavy atom. The zero-order valence-electron chi connectivity index (χ0n) is 9.07. The Balaban J connectivity index is 2.62. The van der Waals surface area contributed by atoms with E-state index < -0.39 is 0 Å². The molecular formula is C12H13NO2. The molecule has 1 aromatic carbocycles. The van der Waals surface area contributed by atoms with E-state index in [1.807, 2.05) is 36.9 Å². The zero-order chi connectivity index (χ0) is 11.0. The molecule has 1 aromatic heterocycles. The van der Waals surface area contributed by atoms with Gasteiger partial charge in [-0.1, -0.05) is 6.07 Å². The lowest BCUT2D eigenvalue weighted by molar-refractivity contribution is -0.131. The number of benzene rings is 1. The van der Waals surface area contributed by atoms with Crippen LogP contribution >= 0.6 is 0 Å². The van der Waals surface area contributed by atoms with Crippen molar-refractivity contribution in [3.8, 4) is 5.75 Å². The first-order chi connectivity index (χ1) is 7.08. The molecule has 0 atom stereocenters. The second kappa shape index (κ2) is 3.42. The van der Waals surface area contributed by atoms with Crippen LogP contribution in [0, 0.1) is 6.92 Å². The largest absolute Gasteiger partial charge is 0.424 e. The van der Waals surface area contributed by atoms with Crippen LogP contribution in [0.3, 0.4) is 0 Å². The molecule has 2 rings (SSSR count). The third-order valence-corrected chi connectivity index (χ3v) is 2.36. The third kappa shape index (κ3) is 1.73. The molecule has 0 saturated heterocycles. The summed E-state index contributed by atoms with van der Waals surface area (Å²) in [5.41, 5.74) is 2.27. The van der Waals surface area contributed by atoms with Gasteiger partial charge >= 0.3 is 5.97 Å². The Kier molecular flexibility index (Phi) is 2.23. The molecule has 2 aromatic rings. The molecule has 0 unspecified atom stereocenters. The summed E-state index contributed by atoms with van der Waals surface area (Å²) >= 11 is 0. The number of aryl methyl sites for hydroxylation is 2. The van der Waals surface area contributed by atoms with Crippen molar-refractivity contribution in [2.24, 2.45) is 7.05 Å². The van der Waals surface area contributed by atoms with Gasteiger partial charge in [0.25, 0.3) is 0 Å². The fourth-order valence-corrected chi connectivity index (χ4v) is 1.69. The molecule has 3 nitrogen and oxygen atoms in total. The Morgan fingerprint density at radius 1 is 1.40 bits per heavy atom. The van der Waals surface area contributed by atoms with Gasteiger partial charge in [0.2, 0.25) is 0 Å². The predicted octanol–water partition coefficient (Wildman–Crippen LogP) is 2.41. The van der Waals surface area contributed by atoms with Gasteiger partial charge in [0.05, 0.1) is 5.52 Å². The van der Waals surface area contributed by atoms with E-state index in [1.165, 1.54) is 12.5 Å². The maximum absolute atomic E-state index is 10.9. The topological polar surface area (TPSA) is 31.2 Å². The maximum Gasteiger partial charge on any atom is 0.308 e. The van der Waals surface area contributed by atoms with Crippen LogP contribution in [0.25, 0.3) is 10.9 Å². The van der Waals surface area contributed by atoms with Crippen LogP contribution < -0.4 is 4.74 Å². The molecule has 0 aliphatic rings. The minimum Gasteiger partial charge on any atom is -0.424 e. The van der Waals surface area contributed by atoms with Crippen molar-refractivity contribution in [1.82, 2.24) is 4.57 Å². The lowest BCUT2D eigenvalue weighted by Crippen LogP contribution is -2.00. The fraction of sp³-hybridized carbons (Fsp3) is 0.250. The maximum atomic E-state index is 10.9. The molecule has 0 N–H and O–H groups in total. The Bertz CT molecular complexity index is 526. The highest BCUT2D eigenvalue weighted by Gasteiger charge is 2.08. The number of carbonyl (C=O) groups excluding carboxylic acids is 1. The fourth-order valence-electron chi connectivity index (χ4n) is 1.69. The van der Waals surface area contributed by atoms with E-state index in [4.69, 9.17) is 4.74 Å². The van der Waals surface area contributed by atoms with E-state index in [2.05, 4.69) is 6.07 Å². The minimum atomic E-state index is -0.289. The van der Waals surface area contributed by atoms with Crippen LogP contribution in [0.4, 0.5) is 0 Å². The second-order valence-electron chi connectivity index (χ2n) is 3.72. The van der Waals surface area contributed by atoms with Crippen molar-refractivity contribution in [2.45, 2.75) is 13.8 Å². The first kappa shape index (κ1) is 9.77. The van der Waals surface area contributed by atoms with Gasteiger partial charge < -0.3 is 9.30 Å². The van der Waals surface area contributed by atoms with Crippen LogP contribution in [-0.2, 0) is 11.8 Å². The van der Waals surface area contributed by atoms with Crippen LogP contribution in [0.2, 0.25) is 0 Å². The Morgan fingerprint density at radius 3 is 2.80 bits per heavy atom. The standard InChI is InChI=1S/C12H13NO2/c1-8-4-5-10-11(6-8)13(3)7-12(10)15-9(2)14/h4-7H,1-3H3. The third-order valence-electron chi connectivity index (χ3n) is 2.36. The molecule has 0 fully saturated rings. The van der Waals surface area contributed by atoms with E-state index in [9.17, 15) is 4.79 Å². The molecule has 0 bridgehead atoms. The molecule has 0 spiro atoms. The lowest BCUT2D eigenvalue weighted by Gasteiger charge is -1.98. The predicted molar refractivity (Wildman–Crippen MR) is 59.0 cm³/mol. The second-order valence-corrected chi connectivity index (χ2v) is 3.72. The average Bonchev–Trinajstić information content (AvgIpc) is 2.42. The number of nitrogens with zero attached hydrogens (tertiary/aromatic N) is 1. The number of ether oxygens (including phenoxy) is 1. The molecule has 0 aliphatic heterocycles. The van der Waals surface area contributed by atoms with Gasteiger partial charge in [-0.05, 0) is 24.6 Å². The van der Waals surface area contributed by atoms with Crippen LogP contribution in [-0.4, -0.2) is 10.5 Å². The Hall–Kier alpha value is -1.77. The minimum absolute atomic E-state index is 0.289. The summed E-state index contributed by atoms with van der Waals surface area (Å²) in [6, 6.07) is 6.06. The number of fused-ring (bicyclic) bond motifs is 1. The van der Waals surface area contributed by atoms with Crippen LogP contribution in [0.15, 0.2) is 24.4 Å². The van der Waals surface area contributed by atoms with E-state index in [-0.39, 0.29) is 5.97 Å². The van der Waals surface area contributed by atoms with Crippen molar-refractivity contribution >= 4 is 16.9 Å². The summed E-state index contributed by atoms with van der Waals surface area (Å²) < 4.78 is 7.09. The van der Waals surface area contributed by atoms with E-state index in [0.717, 1.165) is 10.9 Å². The number of rotatable bonds is 1. The van der Waals surface area contributed by atoms with E-state index >= 15 is 0 Å². The average molecular weight is 203 g/mol. The van der Waals surface area contributed by atoms with Gasteiger partial charge in [0.1, 0.15) is 0 Å². The molecule has 3 heteroatoms. The van der Waals surface area contributed by atoms with Crippen molar-refractivity contribution in [3.05, 3.63) is 30.0 Å². The summed E-state index contributed by atoms with van der Waals surface area (Å²) in [5.74, 6) is 0.336. The summed E-state index contributed by atoms with van der Waals surface area (Å²) in [6.45, 7) is 3.45. The summed E-state index contributed by atoms with van der Waals surface area (Å²) in [4.78, 5) is 10.9. The van der Waals surface area contributed by atoms with Crippen molar-refractivity contribution < 1.29 is 9.53 Å². The quantitative estimate of drug-likeness (QED) is 0.666. The number of hydrogen-bond acceptors (Lipinski definition) is 2. The van der Waals surface area contributed by atoms with Crippen LogP contribution in [0.5, 0.6) is 5.75 Å². The Labute approximate surface area is 88.3 Å². The highest BCUT2D eigenvalue weighted by atomic mass is 16.5. The van der Waals surface area contributed by atoms with E-state index in [0.29, 0.717) is 5.75 Å². The number of esters is 1. The molecule has 15 heavy (non-hydrogen) atoms. The van der Waals surface area contributed by atoms with Gasteiger partial charge in [-0.3, -0.25) is 4.79 Å². The van der Waals surface area contributed by atoms with Crippen molar-refractivity contribution in [1.29, 1.82) is 0 Å². The molecule has 1 heterocycles. The molecular weight excluding hydrogens is 190 g/mol. The van der Waals surface area contributed by atoms with Gasteiger partial charge in [-0.2, -0.15) is 0 Å². The molecule has 0 saturated carbocycles. The first-order valence-electron chi connectivity index (χ1n) is 4.82. The monoisotopic (exact) mass is 203 g/mol. The number of aromatic nitrogens is 1. The highest BCUT2D eigenvalue weighted by molar-refractivity contribution is 5.89. The van der Waals surface area contributed by atoms with Crippen LogP contribution in [0.1, 0.15) is 12.5 Å². The highest BCUT2D eigenvalue weighted by Crippen LogP contribution is 2.28. The van der Waals surface area contributed by atoms with Crippen molar-refractivity contribution in [2.75, 3.05) is 0 Å². The lowest BCUT2D eigenvalue weighted by atomic mass is 10.2. The summed E-state index contributed by atoms with van der Waals surface area (Å²) in [6.07, 6.45) is 1.82. The zero-order valence-corrected chi connectivity index (χ0v) is 9.07. The summed E-state index contributed by atoms with van der Waals surface area (Å²) in [7, 11) is 1.94. The normalized spacial score (nSPS) is 10.6. The van der Waals surface area contributed by atoms with E-state index in [1.54, 1.807) is 0 Å². The molecule has 0 amide bonds. The summed E-state index contributed by atoms with van der Waals surface area (Å²) in [5, 5.41) is 0.971. The SMILES string of the molecule is CC(=O)Oc1cn(C)c2cc(C)ccc12. The molecule has 0 aliphatic carbocycles.